The number of carbonyl (C=O) groups excluding carboxylic acids is 1. The van der Waals surface area contributed by atoms with Crippen molar-refractivity contribution in [3.8, 4) is 0 Å². The van der Waals surface area contributed by atoms with Crippen LogP contribution in [0.15, 0.2) is 36.5 Å². The van der Waals surface area contributed by atoms with E-state index < -0.39 is 11.7 Å². The summed E-state index contributed by atoms with van der Waals surface area (Å²) in [6, 6.07) is 9.21. The van der Waals surface area contributed by atoms with Gasteiger partial charge in [0.2, 0.25) is 0 Å². The van der Waals surface area contributed by atoms with Gasteiger partial charge in [0, 0.05) is 51.0 Å². The van der Waals surface area contributed by atoms with E-state index in [0.717, 1.165) is 44.5 Å². The fraction of sp³-hybridized carbons (Fsp3) is 0.545. The summed E-state index contributed by atoms with van der Waals surface area (Å²) in [6.07, 6.45) is 3.08. The summed E-state index contributed by atoms with van der Waals surface area (Å²) in [5.74, 6) is 0.302. The molecule has 0 saturated carbocycles. The van der Waals surface area contributed by atoms with Gasteiger partial charge in [0.15, 0.2) is 0 Å². The number of fused-ring (bicyclic) bond motifs is 1. The van der Waals surface area contributed by atoms with Crippen LogP contribution >= 0.6 is 0 Å². The molecular formula is C22H29FN4O2. The molecule has 0 aliphatic carbocycles. The van der Waals surface area contributed by atoms with E-state index in [1.54, 1.807) is 12.3 Å². The number of piperidine rings is 1. The Morgan fingerprint density at radius 2 is 2.10 bits per heavy atom. The third-order valence-corrected chi connectivity index (χ3v) is 6.25. The summed E-state index contributed by atoms with van der Waals surface area (Å²) in [5.41, 5.74) is 6.47. The predicted octanol–water partition coefficient (Wildman–Crippen LogP) is 2.13. The van der Waals surface area contributed by atoms with E-state index in [4.69, 9.17) is 10.5 Å². The van der Waals surface area contributed by atoms with Crippen LogP contribution in [-0.4, -0.2) is 66.9 Å². The monoisotopic (exact) mass is 400 g/mol. The van der Waals surface area contributed by atoms with Crippen LogP contribution in [0.25, 0.3) is 10.9 Å². The molecule has 29 heavy (non-hydrogen) atoms. The summed E-state index contributed by atoms with van der Waals surface area (Å²) >= 11 is 0. The number of nitrogens with two attached hydrogens (primary N) is 1. The molecule has 3 heterocycles. The van der Waals surface area contributed by atoms with Gasteiger partial charge in [-0.15, -0.1) is 0 Å². The maximum absolute atomic E-state index is 15.0. The Morgan fingerprint density at radius 3 is 2.90 bits per heavy atom. The summed E-state index contributed by atoms with van der Waals surface area (Å²) < 4.78 is 20.4. The summed E-state index contributed by atoms with van der Waals surface area (Å²) in [7, 11) is 0. The molecule has 1 amide bonds. The number of amides is 1. The quantitative estimate of drug-likeness (QED) is 0.804. The molecule has 7 heteroatoms. The van der Waals surface area contributed by atoms with E-state index >= 15 is 0 Å². The van der Waals surface area contributed by atoms with Crippen molar-refractivity contribution in [1.29, 1.82) is 0 Å². The van der Waals surface area contributed by atoms with E-state index in [-0.39, 0.29) is 12.5 Å². The Balaban J connectivity index is 1.34. The zero-order valence-corrected chi connectivity index (χ0v) is 16.6. The van der Waals surface area contributed by atoms with Crippen molar-refractivity contribution in [3.05, 3.63) is 42.1 Å². The van der Waals surface area contributed by atoms with E-state index in [2.05, 4.69) is 15.2 Å². The first-order chi connectivity index (χ1) is 14.0. The van der Waals surface area contributed by atoms with Crippen molar-refractivity contribution < 1.29 is 13.9 Å². The summed E-state index contributed by atoms with van der Waals surface area (Å²) in [4.78, 5) is 19.2. The molecule has 2 fully saturated rings. The number of rotatable bonds is 5. The van der Waals surface area contributed by atoms with Gasteiger partial charge in [0.1, 0.15) is 6.17 Å². The lowest BCUT2D eigenvalue weighted by Crippen LogP contribution is -2.64. The number of benzene rings is 1. The first-order valence-corrected chi connectivity index (χ1v) is 10.4. The molecule has 4 rings (SSSR count). The Kier molecular flexibility index (Phi) is 6.08. The molecule has 3 N–H and O–H groups in total. The van der Waals surface area contributed by atoms with E-state index in [1.165, 1.54) is 0 Å². The third-order valence-electron chi connectivity index (χ3n) is 6.25. The minimum Gasteiger partial charge on any atom is -0.381 e. The fourth-order valence-corrected chi connectivity index (χ4v) is 4.31. The highest BCUT2D eigenvalue weighted by Gasteiger charge is 2.41. The van der Waals surface area contributed by atoms with Crippen LogP contribution < -0.4 is 11.1 Å². The van der Waals surface area contributed by atoms with E-state index in [9.17, 15) is 9.18 Å². The van der Waals surface area contributed by atoms with Crippen LogP contribution in [0.5, 0.6) is 0 Å². The molecule has 0 radical (unpaired) electrons. The standard InChI is InChI=1S/C22H29FN4O2/c23-19-14-27(13-16-6-11-29-12-7-16)10-8-22(19,24)15-26-21(28)18-5-1-3-17-4-2-9-25-20(17)18/h1-5,9,16,19H,6-8,10-15,24H2,(H,26,28). The van der Waals surface area contributed by atoms with Crippen LogP contribution in [0.3, 0.4) is 0 Å². The maximum Gasteiger partial charge on any atom is 0.253 e. The van der Waals surface area contributed by atoms with Crippen molar-refractivity contribution in [3.63, 3.8) is 0 Å². The topological polar surface area (TPSA) is 80.5 Å². The number of carbonyl (C=O) groups is 1. The molecule has 2 unspecified atom stereocenters. The molecule has 1 aromatic carbocycles. The number of likely N-dealkylation sites (tertiary alicyclic amines) is 1. The Bertz CT molecular complexity index is 852. The molecule has 2 aliphatic rings. The van der Waals surface area contributed by atoms with Crippen LogP contribution in [0.1, 0.15) is 29.6 Å². The van der Waals surface area contributed by atoms with E-state index in [0.29, 0.717) is 30.0 Å². The van der Waals surface area contributed by atoms with Gasteiger partial charge in [-0.3, -0.25) is 9.78 Å². The smallest absolute Gasteiger partial charge is 0.253 e. The molecule has 2 saturated heterocycles. The Hall–Kier alpha value is -2.09. The summed E-state index contributed by atoms with van der Waals surface area (Å²) in [5, 5.41) is 3.74. The van der Waals surface area contributed by atoms with Gasteiger partial charge in [0.25, 0.3) is 5.91 Å². The number of hydrogen-bond donors (Lipinski definition) is 2. The highest BCUT2D eigenvalue weighted by Crippen LogP contribution is 2.25. The number of aromatic nitrogens is 1. The third kappa shape index (κ3) is 4.57. The van der Waals surface area contributed by atoms with Crippen molar-refractivity contribution >= 4 is 16.8 Å². The second-order valence-corrected chi connectivity index (χ2v) is 8.33. The lowest BCUT2D eigenvalue weighted by molar-refractivity contribution is 0.0231. The number of nitrogens with one attached hydrogen (secondary N) is 1. The average Bonchev–Trinajstić information content (AvgIpc) is 2.75. The number of para-hydroxylation sites is 1. The molecule has 6 nitrogen and oxygen atoms in total. The predicted molar refractivity (Wildman–Crippen MR) is 110 cm³/mol. The number of pyridine rings is 1. The summed E-state index contributed by atoms with van der Waals surface area (Å²) in [6.45, 7) is 3.68. The molecule has 2 aliphatic heterocycles. The van der Waals surface area contributed by atoms with Gasteiger partial charge >= 0.3 is 0 Å². The Labute approximate surface area is 170 Å². The largest absolute Gasteiger partial charge is 0.381 e. The van der Waals surface area contributed by atoms with Crippen LogP contribution in [-0.2, 0) is 4.74 Å². The van der Waals surface area contributed by atoms with Crippen LogP contribution in [0, 0.1) is 5.92 Å². The Morgan fingerprint density at radius 1 is 1.31 bits per heavy atom. The molecule has 0 spiro atoms. The number of hydrogen-bond acceptors (Lipinski definition) is 5. The molecule has 0 bridgehead atoms. The number of ether oxygens (including phenoxy) is 1. The lowest BCUT2D eigenvalue weighted by atomic mass is 9.85. The van der Waals surface area contributed by atoms with Gasteiger partial charge in [-0.1, -0.05) is 18.2 Å². The zero-order chi connectivity index (χ0) is 20.3. The van der Waals surface area contributed by atoms with Crippen molar-refractivity contribution in [1.82, 2.24) is 15.2 Å². The highest BCUT2D eigenvalue weighted by molar-refractivity contribution is 6.05. The molecule has 1 aromatic heterocycles. The fourth-order valence-electron chi connectivity index (χ4n) is 4.31. The van der Waals surface area contributed by atoms with Gasteiger partial charge in [0.05, 0.1) is 16.6 Å². The SMILES string of the molecule is NC1(CNC(=O)c2cccc3cccnc23)CCN(CC2CCOCC2)CC1F. The lowest BCUT2D eigenvalue weighted by Gasteiger charge is -2.43. The first-order valence-electron chi connectivity index (χ1n) is 10.4. The van der Waals surface area contributed by atoms with Gasteiger partial charge < -0.3 is 20.7 Å². The van der Waals surface area contributed by atoms with Gasteiger partial charge in [-0.05, 0) is 37.3 Å². The van der Waals surface area contributed by atoms with Gasteiger partial charge in [-0.25, -0.2) is 4.39 Å². The zero-order valence-electron chi connectivity index (χ0n) is 16.6. The maximum atomic E-state index is 15.0. The molecule has 2 atom stereocenters. The molecular weight excluding hydrogens is 371 g/mol. The van der Waals surface area contributed by atoms with E-state index in [1.807, 2.05) is 24.3 Å². The molecule has 2 aromatic rings. The van der Waals surface area contributed by atoms with Crippen molar-refractivity contribution in [2.45, 2.75) is 31.0 Å². The van der Waals surface area contributed by atoms with Gasteiger partial charge in [-0.2, -0.15) is 0 Å². The number of halogens is 1. The number of alkyl halides is 1. The van der Waals surface area contributed by atoms with Crippen molar-refractivity contribution in [2.75, 3.05) is 39.4 Å². The highest BCUT2D eigenvalue weighted by atomic mass is 19.1. The second-order valence-electron chi connectivity index (χ2n) is 8.33. The number of nitrogens with zero attached hydrogens (tertiary/aromatic N) is 2. The van der Waals surface area contributed by atoms with Crippen LogP contribution in [0.2, 0.25) is 0 Å². The molecule has 156 valence electrons. The first kappa shape index (κ1) is 20.2. The second kappa shape index (κ2) is 8.73. The minimum atomic E-state index is -1.18. The van der Waals surface area contributed by atoms with Crippen LogP contribution in [0.4, 0.5) is 4.39 Å². The normalized spacial score (nSPS) is 26.5. The van der Waals surface area contributed by atoms with Crippen molar-refractivity contribution in [2.24, 2.45) is 11.7 Å². The minimum absolute atomic E-state index is 0.112. The average molecular weight is 400 g/mol.